The zero-order chi connectivity index (χ0) is 13.0. The summed E-state index contributed by atoms with van der Waals surface area (Å²) in [6.07, 6.45) is 4.36. The van der Waals surface area contributed by atoms with Crippen LogP contribution in [0.4, 0.5) is 0 Å². The molecule has 3 heteroatoms. The largest absolute Gasteiger partial charge is 0.339 e. The van der Waals surface area contributed by atoms with Crippen LogP contribution < -0.4 is 0 Å². The van der Waals surface area contributed by atoms with E-state index in [1.165, 1.54) is 5.56 Å². The van der Waals surface area contributed by atoms with Crippen molar-refractivity contribution in [3.63, 3.8) is 0 Å². The third-order valence-corrected chi connectivity index (χ3v) is 4.20. The predicted octanol–water partition coefficient (Wildman–Crippen LogP) is 3.42. The summed E-state index contributed by atoms with van der Waals surface area (Å²) in [5, 5.41) is 0. The smallest absolute Gasteiger partial charge is 0.253 e. The highest BCUT2D eigenvalue weighted by Gasteiger charge is 2.21. The fraction of sp³-hybridized carbons (Fsp3) is 0.533. The molecule has 1 amide bonds. The molecule has 18 heavy (non-hydrogen) atoms. The predicted molar refractivity (Wildman–Crippen MR) is 78.0 cm³/mol. The van der Waals surface area contributed by atoms with Crippen molar-refractivity contribution in [2.75, 3.05) is 19.3 Å². The summed E-state index contributed by atoms with van der Waals surface area (Å²) >= 11 is 1.80. The number of hydrogen-bond donors (Lipinski definition) is 0. The number of piperidine rings is 1. The van der Waals surface area contributed by atoms with Crippen molar-refractivity contribution in [2.24, 2.45) is 5.92 Å². The van der Waals surface area contributed by atoms with E-state index in [0.717, 1.165) is 43.2 Å². The molecule has 0 spiro atoms. The second-order valence-electron chi connectivity index (χ2n) is 5.10. The van der Waals surface area contributed by atoms with Crippen LogP contribution >= 0.6 is 11.8 Å². The number of carbonyl (C=O) groups is 1. The van der Waals surface area contributed by atoms with E-state index in [2.05, 4.69) is 25.3 Å². The number of rotatable bonds is 3. The van der Waals surface area contributed by atoms with Gasteiger partial charge in [-0.3, -0.25) is 4.79 Å². The number of nitrogens with zero attached hydrogens (tertiary/aromatic N) is 1. The lowest BCUT2D eigenvalue weighted by atomic mass is 9.98. The Morgan fingerprint density at radius 1 is 1.28 bits per heavy atom. The molecular weight excluding hydrogens is 242 g/mol. The van der Waals surface area contributed by atoms with Crippen molar-refractivity contribution in [1.82, 2.24) is 4.90 Å². The van der Waals surface area contributed by atoms with Crippen LogP contribution in [0.25, 0.3) is 0 Å². The fourth-order valence-corrected chi connectivity index (χ4v) is 2.83. The highest BCUT2D eigenvalue weighted by molar-refractivity contribution is 7.97. The molecular formula is C15H21NOS. The zero-order valence-electron chi connectivity index (χ0n) is 11.2. The van der Waals surface area contributed by atoms with Crippen molar-refractivity contribution < 1.29 is 4.79 Å². The van der Waals surface area contributed by atoms with Gasteiger partial charge in [-0.1, -0.05) is 19.1 Å². The number of likely N-dealkylation sites (tertiary alicyclic amines) is 1. The monoisotopic (exact) mass is 263 g/mol. The molecule has 2 nitrogen and oxygen atoms in total. The average molecular weight is 263 g/mol. The van der Waals surface area contributed by atoms with Gasteiger partial charge in [-0.05, 0) is 42.7 Å². The van der Waals surface area contributed by atoms with Crippen molar-refractivity contribution in [3.05, 3.63) is 35.4 Å². The van der Waals surface area contributed by atoms with Gasteiger partial charge in [0.1, 0.15) is 0 Å². The standard InChI is InChI=1S/C15H21NOS/c1-12-7-9-16(10-8-12)15(17)14-5-3-13(4-6-14)11-18-2/h3-6,12H,7-11H2,1-2H3. The van der Waals surface area contributed by atoms with E-state index < -0.39 is 0 Å². The Labute approximate surface area is 114 Å². The Balaban J connectivity index is 2.00. The van der Waals surface area contributed by atoms with Gasteiger partial charge in [0.25, 0.3) is 5.91 Å². The molecule has 0 radical (unpaired) electrons. The van der Waals surface area contributed by atoms with Crippen molar-refractivity contribution >= 4 is 17.7 Å². The lowest BCUT2D eigenvalue weighted by Gasteiger charge is -2.30. The van der Waals surface area contributed by atoms with Gasteiger partial charge >= 0.3 is 0 Å². The molecule has 1 aromatic rings. The Bertz CT molecular complexity index is 393. The Hall–Kier alpha value is -0.960. The average Bonchev–Trinajstić information content (AvgIpc) is 2.40. The minimum absolute atomic E-state index is 0.192. The maximum absolute atomic E-state index is 12.3. The van der Waals surface area contributed by atoms with Gasteiger partial charge in [0.2, 0.25) is 0 Å². The molecule has 0 saturated carbocycles. The summed E-state index contributed by atoms with van der Waals surface area (Å²) in [6.45, 7) is 4.08. The maximum atomic E-state index is 12.3. The molecule has 1 aromatic carbocycles. The van der Waals surface area contributed by atoms with Gasteiger partial charge in [0, 0.05) is 24.4 Å². The number of benzene rings is 1. The molecule has 2 rings (SSSR count). The molecule has 0 atom stereocenters. The van der Waals surface area contributed by atoms with E-state index in [1.54, 1.807) is 11.8 Å². The maximum Gasteiger partial charge on any atom is 0.253 e. The van der Waals surface area contributed by atoms with Gasteiger partial charge in [0.15, 0.2) is 0 Å². The molecule has 0 aromatic heterocycles. The van der Waals surface area contributed by atoms with E-state index in [9.17, 15) is 4.79 Å². The molecule has 1 aliphatic rings. The van der Waals surface area contributed by atoms with Gasteiger partial charge < -0.3 is 4.90 Å². The van der Waals surface area contributed by atoms with E-state index in [0.29, 0.717) is 0 Å². The minimum Gasteiger partial charge on any atom is -0.339 e. The van der Waals surface area contributed by atoms with Gasteiger partial charge in [0.05, 0.1) is 0 Å². The third kappa shape index (κ3) is 3.29. The number of hydrogen-bond acceptors (Lipinski definition) is 2. The molecule has 0 N–H and O–H groups in total. The first-order chi connectivity index (χ1) is 8.70. The first-order valence-corrected chi connectivity index (χ1v) is 7.97. The summed E-state index contributed by atoms with van der Waals surface area (Å²) in [7, 11) is 0. The van der Waals surface area contributed by atoms with Crippen LogP contribution in [0.15, 0.2) is 24.3 Å². The Morgan fingerprint density at radius 2 is 1.89 bits per heavy atom. The molecule has 0 bridgehead atoms. The summed E-state index contributed by atoms with van der Waals surface area (Å²) in [4.78, 5) is 14.3. The third-order valence-electron chi connectivity index (χ3n) is 3.58. The van der Waals surface area contributed by atoms with Crippen LogP contribution in [0.1, 0.15) is 35.7 Å². The normalized spacial score (nSPS) is 16.9. The van der Waals surface area contributed by atoms with Gasteiger partial charge in [-0.25, -0.2) is 0 Å². The molecule has 1 fully saturated rings. The summed E-state index contributed by atoms with van der Waals surface area (Å²) < 4.78 is 0. The van der Waals surface area contributed by atoms with Gasteiger partial charge in [-0.15, -0.1) is 0 Å². The number of amides is 1. The molecule has 0 aliphatic carbocycles. The Morgan fingerprint density at radius 3 is 2.44 bits per heavy atom. The lowest BCUT2D eigenvalue weighted by Crippen LogP contribution is -2.37. The SMILES string of the molecule is CSCc1ccc(C(=O)N2CCC(C)CC2)cc1. The van der Waals surface area contributed by atoms with E-state index in [1.807, 2.05) is 17.0 Å². The number of carbonyl (C=O) groups excluding carboxylic acids is 1. The van der Waals surface area contributed by atoms with E-state index in [4.69, 9.17) is 0 Å². The topological polar surface area (TPSA) is 20.3 Å². The molecule has 0 unspecified atom stereocenters. The first-order valence-electron chi connectivity index (χ1n) is 6.58. The molecule has 1 aliphatic heterocycles. The van der Waals surface area contributed by atoms with Crippen LogP contribution in [0.5, 0.6) is 0 Å². The highest BCUT2D eigenvalue weighted by atomic mass is 32.2. The summed E-state index contributed by atoms with van der Waals surface area (Å²) in [6, 6.07) is 8.06. The van der Waals surface area contributed by atoms with Crippen LogP contribution in [0.3, 0.4) is 0 Å². The van der Waals surface area contributed by atoms with E-state index >= 15 is 0 Å². The lowest BCUT2D eigenvalue weighted by molar-refractivity contribution is 0.0697. The Kier molecular flexibility index (Phi) is 4.70. The highest BCUT2D eigenvalue weighted by Crippen LogP contribution is 2.19. The number of thioether (sulfide) groups is 1. The first kappa shape index (κ1) is 13.5. The van der Waals surface area contributed by atoms with Crippen LogP contribution in [0, 0.1) is 5.92 Å². The van der Waals surface area contributed by atoms with Gasteiger partial charge in [-0.2, -0.15) is 11.8 Å². The second-order valence-corrected chi connectivity index (χ2v) is 5.97. The van der Waals surface area contributed by atoms with Crippen LogP contribution in [-0.4, -0.2) is 30.2 Å². The summed E-state index contributed by atoms with van der Waals surface area (Å²) in [5.74, 6) is 1.96. The fourth-order valence-electron chi connectivity index (χ4n) is 2.30. The van der Waals surface area contributed by atoms with Crippen molar-refractivity contribution in [2.45, 2.75) is 25.5 Å². The quantitative estimate of drug-likeness (QED) is 0.833. The minimum atomic E-state index is 0.192. The zero-order valence-corrected chi connectivity index (χ0v) is 12.0. The van der Waals surface area contributed by atoms with Crippen LogP contribution in [0.2, 0.25) is 0 Å². The molecule has 1 heterocycles. The molecule has 1 saturated heterocycles. The van der Waals surface area contributed by atoms with E-state index in [-0.39, 0.29) is 5.91 Å². The van der Waals surface area contributed by atoms with Crippen molar-refractivity contribution in [3.8, 4) is 0 Å². The molecule has 98 valence electrons. The van der Waals surface area contributed by atoms with Crippen molar-refractivity contribution in [1.29, 1.82) is 0 Å². The summed E-state index contributed by atoms with van der Waals surface area (Å²) in [5.41, 5.74) is 2.11. The second kappa shape index (κ2) is 6.28. The van der Waals surface area contributed by atoms with Crippen LogP contribution in [-0.2, 0) is 5.75 Å².